The van der Waals surface area contributed by atoms with Gasteiger partial charge in [-0.25, -0.2) is 4.68 Å². The maximum absolute atomic E-state index is 12.3. The fourth-order valence-corrected chi connectivity index (χ4v) is 2.60. The molecule has 0 fully saturated rings. The molecule has 1 unspecified atom stereocenters. The molecule has 0 radical (unpaired) electrons. The summed E-state index contributed by atoms with van der Waals surface area (Å²) >= 11 is 7.61. The van der Waals surface area contributed by atoms with Crippen LogP contribution < -0.4 is 10.9 Å². The summed E-state index contributed by atoms with van der Waals surface area (Å²) < 4.78 is 37.1. The van der Waals surface area contributed by atoms with Crippen LogP contribution in [0.5, 0.6) is 0 Å². The Kier molecular flexibility index (Phi) is 6.86. The molecule has 1 aromatic rings. The molecule has 0 aliphatic rings. The normalized spacial score (nSPS) is 13.2. The van der Waals surface area contributed by atoms with Gasteiger partial charge < -0.3 is 5.32 Å². The molecule has 1 rings (SSSR count). The molecule has 0 bridgehead atoms. The molecular weight excluding hydrogens is 327 g/mol. The highest BCUT2D eigenvalue weighted by molar-refractivity contribution is 7.99. The zero-order valence-corrected chi connectivity index (χ0v) is 13.3. The SMILES string of the molecule is CCSCCC(C)Nc1cnn(CC(F)(F)F)c(=O)c1Cl. The van der Waals surface area contributed by atoms with Gasteiger partial charge in [0.15, 0.2) is 0 Å². The van der Waals surface area contributed by atoms with E-state index in [0.717, 1.165) is 24.1 Å². The Bertz CT molecular complexity index is 521. The van der Waals surface area contributed by atoms with Gasteiger partial charge in [0.1, 0.15) is 11.6 Å². The molecule has 0 aromatic carbocycles. The van der Waals surface area contributed by atoms with Gasteiger partial charge in [0.05, 0.1) is 11.9 Å². The number of thioether (sulfide) groups is 1. The highest BCUT2D eigenvalue weighted by Crippen LogP contribution is 2.20. The summed E-state index contributed by atoms with van der Waals surface area (Å²) in [5.74, 6) is 1.96. The molecule has 4 nitrogen and oxygen atoms in total. The van der Waals surface area contributed by atoms with Crippen LogP contribution in [0.15, 0.2) is 11.0 Å². The van der Waals surface area contributed by atoms with Gasteiger partial charge in [-0.15, -0.1) is 0 Å². The molecule has 1 heterocycles. The molecule has 0 spiro atoms. The standard InChI is InChI=1S/C12H17ClF3N3OS/c1-3-21-5-4-8(2)18-9-6-17-19(7-12(14,15)16)11(20)10(9)13/h6,8,18H,3-5,7H2,1-2H3. The van der Waals surface area contributed by atoms with Crippen LogP contribution in [-0.2, 0) is 6.54 Å². The van der Waals surface area contributed by atoms with Crippen LogP contribution in [0.3, 0.4) is 0 Å². The van der Waals surface area contributed by atoms with Crippen molar-refractivity contribution in [1.82, 2.24) is 9.78 Å². The van der Waals surface area contributed by atoms with Crippen LogP contribution in [0.4, 0.5) is 18.9 Å². The van der Waals surface area contributed by atoms with E-state index in [-0.39, 0.29) is 16.8 Å². The Hall–Kier alpha value is -0.890. The summed E-state index contributed by atoms with van der Waals surface area (Å²) in [4.78, 5) is 11.7. The minimum absolute atomic E-state index is 0.0428. The Morgan fingerprint density at radius 2 is 2.19 bits per heavy atom. The van der Waals surface area contributed by atoms with E-state index in [0.29, 0.717) is 4.68 Å². The quantitative estimate of drug-likeness (QED) is 0.771. The van der Waals surface area contributed by atoms with Gasteiger partial charge in [0, 0.05) is 6.04 Å². The lowest BCUT2D eigenvalue weighted by atomic mass is 10.2. The second kappa shape index (κ2) is 7.93. The first-order valence-electron chi connectivity index (χ1n) is 6.41. The maximum atomic E-state index is 12.3. The van der Waals surface area contributed by atoms with Crippen molar-refractivity contribution in [2.45, 2.75) is 39.0 Å². The molecule has 0 aliphatic carbocycles. The van der Waals surface area contributed by atoms with Crippen molar-refractivity contribution in [3.8, 4) is 0 Å². The van der Waals surface area contributed by atoms with Crippen molar-refractivity contribution < 1.29 is 13.2 Å². The number of aromatic nitrogens is 2. The molecule has 21 heavy (non-hydrogen) atoms. The molecule has 9 heteroatoms. The van der Waals surface area contributed by atoms with Crippen LogP contribution in [-0.4, -0.2) is 33.5 Å². The van der Waals surface area contributed by atoms with E-state index in [1.54, 1.807) is 11.8 Å². The maximum Gasteiger partial charge on any atom is 0.408 e. The zero-order chi connectivity index (χ0) is 16.0. The second-order valence-electron chi connectivity index (χ2n) is 4.48. The van der Waals surface area contributed by atoms with E-state index in [1.807, 2.05) is 6.92 Å². The molecule has 0 saturated heterocycles. The van der Waals surface area contributed by atoms with Crippen molar-refractivity contribution in [3.05, 3.63) is 21.6 Å². The van der Waals surface area contributed by atoms with Gasteiger partial charge in [0.2, 0.25) is 0 Å². The predicted octanol–water partition coefficient (Wildman–Crippen LogP) is 3.40. The van der Waals surface area contributed by atoms with E-state index in [2.05, 4.69) is 17.3 Å². The highest BCUT2D eigenvalue weighted by Gasteiger charge is 2.29. The van der Waals surface area contributed by atoms with Crippen LogP contribution in [0.2, 0.25) is 5.02 Å². The minimum atomic E-state index is -4.51. The van der Waals surface area contributed by atoms with Crippen LogP contribution in [0.25, 0.3) is 0 Å². The van der Waals surface area contributed by atoms with E-state index in [9.17, 15) is 18.0 Å². The van der Waals surface area contributed by atoms with Crippen molar-refractivity contribution in [3.63, 3.8) is 0 Å². The summed E-state index contributed by atoms with van der Waals surface area (Å²) in [6, 6.07) is 0.0428. The van der Waals surface area contributed by atoms with Gasteiger partial charge in [-0.05, 0) is 24.9 Å². The number of nitrogens with zero attached hydrogens (tertiary/aromatic N) is 2. The summed E-state index contributed by atoms with van der Waals surface area (Å²) in [7, 11) is 0. The Labute approximate surface area is 130 Å². The van der Waals surface area contributed by atoms with Gasteiger partial charge in [0.25, 0.3) is 5.56 Å². The third-order valence-corrected chi connectivity index (χ3v) is 3.91. The van der Waals surface area contributed by atoms with Crippen LogP contribution in [0, 0.1) is 0 Å². The summed E-state index contributed by atoms with van der Waals surface area (Å²) in [6.07, 6.45) is -2.51. The first kappa shape index (κ1) is 18.2. The zero-order valence-electron chi connectivity index (χ0n) is 11.7. The van der Waals surface area contributed by atoms with E-state index in [4.69, 9.17) is 11.6 Å². The number of halogens is 4. The summed E-state index contributed by atoms with van der Waals surface area (Å²) in [5.41, 5.74) is -0.691. The average Bonchev–Trinajstić information content (AvgIpc) is 2.37. The lowest BCUT2D eigenvalue weighted by Gasteiger charge is -2.16. The Morgan fingerprint density at radius 1 is 1.52 bits per heavy atom. The number of hydrogen-bond acceptors (Lipinski definition) is 4. The van der Waals surface area contributed by atoms with E-state index in [1.165, 1.54) is 0 Å². The molecular formula is C12H17ClF3N3OS. The summed E-state index contributed by atoms with van der Waals surface area (Å²) in [6.45, 7) is 2.52. The number of hydrogen-bond donors (Lipinski definition) is 1. The molecule has 1 atom stereocenters. The summed E-state index contributed by atoms with van der Waals surface area (Å²) in [5, 5.41) is 6.23. The minimum Gasteiger partial charge on any atom is -0.380 e. The van der Waals surface area contributed by atoms with Crippen molar-refractivity contribution >= 4 is 29.1 Å². The second-order valence-corrected chi connectivity index (χ2v) is 6.25. The third-order valence-electron chi connectivity index (χ3n) is 2.62. The average molecular weight is 344 g/mol. The van der Waals surface area contributed by atoms with Gasteiger partial charge in [-0.3, -0.25) is 4.79 Å². The third kappa shape index (κ3) is 6.17. The van der Waals surface area contributed by atoms with Crippen molar-refractivity contribution in [2.24, 2.45) is 0 Å². The lowest BCUT2D eigenvalue weighted by Crippen LogP contribution is -2.31. The topological polar surface area (TPSA) is 46.9 Å². The highest BCUT2D eigenvalue weighted by atomic mass is 35.5. The largest absolute Gasteiger partial charge is 0.408 e. The molecule has 1 N–H and O–H groups in total. The van der Waals surface area contributed by atoms with Crippen LogP contribution >= 0.6 is 23.4 Å². The predicted molar refractivity (Wildman–Crippen MR) is 80.3 cm³/mol. The molecule has 0 aliphatic heterocycles. The molecule has 0 saturated carbocycles. The van der Waals surface area contributed by atoms with Gasteiger partial charge in [-0.2, -0.15) is 30.0 Å². The number of rotatable bonds is 7. The first-order valence-corrected chi connectivity index (χ1v) is 7.94. The smallest absolute Gasteiger partial charge is 0.380 e. The Balaban J connectivity index is 2.78. The monoisotopic (exact) mass is 343 g/mol. The van der Waals surface area contributed by atoms with Crippen molar-refractivity contribution in [1.29, 1.82) is 0 Å². The molecule has 0 amide bonds. The molecule has 1 aromatic heterocycles. The number of alkyl halides is 3. The lowest BCUT2D eigenvalue weighted by molar-refractivity contribution is -0.143. The van der Waals surface area contributed by atoms with Crippen LogP contribution in [0.1, 0.15) is 20.3 Å². The number of anilines is 1. The van der Waals surface area contributed by atoms with Crippen molar-refractivity contribution in [2.75, 3.05) is 16.8 Å². The fourth-order valence-electron chi connectivity index (χ4n) is 1.59. The van der Waals surface area contributed by atoms with E-state index >= 15 is 0 Å². The fraction of sp³-hybridized carbons (Fsp3) is 0.667. The Morgan fingerprint density at radius 3 is 2.76 bits per heavy atom. The van der Waals surface area contributed by atoms with E-state index < -0.39 is 18.3 Å². The first-order chi connectivity index (χ1) is 9.74. The number of nitrogens with one attached hydrogen (secondary N) is 1. The van der Waals surface area contributed by atoms with Gasteiger partial charge in [-0.1, -0.05) is 18.5 Å². The molecule has 120 valence electrons. The van der Waals surface area contributed by atoms with Gasteiger partial charge >= 0.3 is 6.18 Å².